The summed E-state index contributed by atoms with van der Waals surface area (Å²) in [6, 6.07) is 41.7. The fourth-order valence-electron chi connectivity index (χ4n) is 14.1. The fourth-order valence-corrected chi connectivity index (χ4v) is 14.1. The van der Waals surface area contributed by atoms with Crippen molar-refractivity contribution >= 4 is 93.5 Å². The summed E-state index contributed by atoms with van der Waals surface area (Å²) in [5, 5.41) is 14.7. The molecule has 0 heterocycles. The molecule has 69 heavy (non-hydrogen) atoms. The molecule has 0 bridgehead atoms. The predicted molar refractivity (Wildman–Crippen MR) is 280 cm³/mol. The van der Waals surface area contributed by atoms with Gasteiger partial charge in [-0.1, -0.05) is 182 Å². The Hall–Kier alpha value is -8.01. The van der Waals surface area contributed by atoms with E-state index in [1.54, 1.807) is 0 Å². The molecule has 0 nitrogen and oxygen atoms in total. The van der Waals surface area contributed by atoms with E-state index in [-0.39, 0.29) is 28.5 Å². The van der Waals surface area contributed by atoms with Crippen LogP contribution in [-0.2, 0) is 6.42 Å². The molecule has 0 N–H and O–H groups in total. The van der Waals surface area contributed by atoms with E-state index in [0.717, 1.165) is 76.8 Å². The van der Waals surface area contributed by atoms with Gasteiger partial charge in [0.15, 0.2) is 0 Å². The normalized spacial score (nSPS) is 19.4. The third-order valence-corrected chi connectivity index (χ3v) is 16.8. The van der Waals surface area contributed by atoms with Crippen molar-refractivity contribution in [3.63, 3.8) is 0 Å². The van der Waals surface area contributed by atoms with Gasteiger partial charge in [-0.15, -0.1) is 0 Å². The highest BCUT2D eigenvalue weighted by molar-refractivity contribution is 6.34. The highest BCUT2D eigenvalue weighted by Crippen LogP contribution is 2.56. The molecule has 10 aromatic carbocycles. The molecule has 3 heteroatoms. The van der Waals surface area contributed by atoms with Gasteiger partial charge >= 0.3 is 0 Å². The molecular weight excluding hydrogens is 850 g/mol. The number of aryl methyl sites for hydroxylation is 1. The van der Waals surface area contributed by atoms with Gasteiger partial charge in [0.1, 0.15) is 17.5 Å². The molecule has 0 saturated carbocycles. The summed E-state index contributed by atoms with van der Waals surface area (Å²) >= 11 is 0. The monoisotopic (exact) mass is 888 g/mol. The van der Waals surface area contributed by atoms with E-state index in [2.05, 4.69) is 127 Å². The first-order chi connectivity index (χ1) is 34.0. The van der Waals surface area contributed by atoms with E-state index in [9.17, 15) is 0 Å². The van der Waals surface area contributed by atoms with Crippen molar-refractivity contribution in [1.29, 1.82) is 0 Å². The van der Waals surface area contributed by atoms with Crippen LogP contribution in [0.5, 0.6) is 0 Å². The van der Waals surface area contributed by atoms with Crippen LogP contribution in [-0.4, -0.2) is 0 Å². The second kappa shape index (κ2) is 13.6. The second-order valence-electron chi connectivity index (χ2n) is 19.9. The van der Waals surface area contributed by atoms with Crippen LogP contribution in [0, 0.1) is 23.4 Å². The lowest BCUT2D eigenvalue weighted by atomic mass is 9.63. The molecule has 16 rings (SSSR count). The standard InChI is InChI=1S/C66H39F3/c67-64-61(52-31-28-49-40-19-4-13-34-10-1-16-37(55(34)40)43-22-7-25-46(52)58(43)49)65(68)63(54-33-30-51-42-21-6-15-36-12-3-18-39(57(36)42)45-24-9-27-48(54)60(45)51)66(69)62(64)53-32-29-50-41-20-5-14-35-11-2-17-38(56(35)41)44-23-8-26-47(53)59(44)50/h1-14,16-29,31-32,36,49,58H,15,30,33H2. The Balaban J connectivity index is 1.03. The Bertz CT molecular complexity index is 4380. The Kier molecular flexibility index (Phi) is 7.48. The zero-order valence-corrected chi connectivity index (χ0v) is 37.3. The van der Waals surface area contributed by atoms with Crippen LogP contribution in [0.3, 0.4) is 0 Å². The summed E-state index contributed by atoms with van der Waals surface area (Å²) in [5.74, 6) is -2.51. The van der Waals surface area contributed by atoms with Crippen molar-refractivity contribution in [1.82, 2.24) is 0 Å². The van der Waals surface area contributed by atoms with Crippen molar-refractivity contribution in [3.8, 4) is 11.1 Å². The number of rotatable bonds is 3. The van der Waals surface area contributed by atoms with Gasteiger partial charge < -0.3 is 0 Å². The number of hydrogen-bond acceptors (Lipinski definition) is 0. The lowest BCUT2D eigenvalue weighted by molar-refractivity contribution is 0.537. The van der Waals surface area contributed by atoms with E-state index in [1.807, 2.05) is 54.6 Å². The number of fused-ring (bicyclic) bond motifs is 6. The second-order valence-corrected chi connectivity index (χ2v) is 19.9. The highest BCUT2D eigenvalue weighted by Gasteiger charge is 2.41. The molecule has 0 fully saturated rings. The molecule has 0 saturated heterocycles. The molecule has 0 aliphatic heterocycles. The summed E-state index contributed by atoms with van der Waals surface area (Å²) in [7, 11) is 0. The summed E-state index contributed by atoms with van der Waals surface area (Å²) in [4.78, 5) is 0. The van der Waals surface area contributed by atoms with Gasteiger partial charge in [-0.3, -0.25) is 0 Å². The molecule has 3 atom stereocenters. The topological polar surface area (TPSA) is 0 Å². The number of allylic oxidation sites excluding steroid dienone is 11. The summed E-state index contributed by atoms with van der Waals surface area (Å²) < 4.78 is 56.2. The number of hydrogen-bond donors (Lipinski definition) is 0. The van der Waals surface area contributed by atoms with E-state index in [1.165, 1.54) is 43.6 Å². The molecule has 6 aliphatic carbocycles. The van der Waals surface area contributed by atoms with Crippen LogP contribution in [0.4, 0.5) is 13.2 Å². The van der Waals surface area contributed by atoms with Gasteiger partial charge in [0.05, 0.1) is 16.7 Å². The molecule has 10 aromatic rings. The minimum Gasteiger partial charge on any atom is -0.205 e. The Morgan fingerprint density at radius 2 is 1.19 bits per heavy atom. The summed E-state index contributed by atoms with van der Waals surface area (Å²) in [6.07, 6.45) is 23.4. The van der Waals surface area contributed by atoms with Crippen LogP contribution < -0.4 is 10.4 Å². The highest BCUT2D eigenvalue weighted by atomic mass is 19.1. The van der Waals surface area contributed by atoms with Crippen molar-refractivity contribution in [3.05, 3.63) is 242 Å². The predicted octanol–water partition coefficient (Wildman–Crippen LogP) is 15.8. The molecule has 0 spiro atoms. The largest absolute Gasteiger partial charge is 0.205 e. The minimum atomic E-state index is -0.882. The lowest BCUT2D eigenvalue weighted by Gasteiger charge is -2.40. The number of halogens is 3. The van der Waals surface area contributed by atoms with Crippen LogP contribution in [0.15, 0.2) is 176 Å². The summed E-state index contributed by atoms with van der Waals surface area (Å²) in [6.45, 7) is 0. The van der Waals surface area contributed by atoms with E-state index in [0.29, 0.717) is 35.5 Å². The molecule has 3 unspecified atom stereocenters. The minimum absolute atomic E-state index is 0.0362. The van der Waals surface area contributed by atoms with Gasteiger partial charge in [0.2, 0.25) is 0 Å². The van der Waals surface area contributed by atoms with E-state index >= 15 is 13.2 Å². The number of benzene rings is 10. The van der Waals surface area contributed by atoms with Gasteiger partial charge in [0.25, 0.3) is 0 Å². The molecule has 0 amide bonds. The zero-order chi connectivity index (χ0) is 45.4. The molecule has 0 radical (unpaired) electrons. The first-order valence-electron chi connectivity index (χ1n) is 24.3. The van der Waals surface area contributed by atoms with Gasteiger partial charge in [-0.2, -0.15) is 0 Å². The van der Waals surface area contributed by atoms with Crippen molar-refractivity contribution in [2.24, 2.45) is 5.92 Å². The lowest BCUT2D eigenvalue weighted by Crippen LogP contribution is -2.27. The van der Waals surface area contributed by atoms with Gasteiger partial charge in [-0.25, -0.2) is 13.2 Å². The average molecular weight is 889 g/mol. The van der Waals surface area contributed by atoms with E-state index in [4.69, 9.17) is 0 Å². The van der Waals surface area contributed by atoms with Gasteiger partial charge in [0, 0.05) is 17.8 Å². The molecule has 6 aliphatic rings. The Morgan fingerprint density at radius 3 is 2.04 bits per heavy atom. The first-order valence-corrected chi connectivity index (χ1v) is 24.3. The van der Waals surface area contributed by atoms with Crippen LogP contribution >= 0.6 is 0 Å². The van der Waals surface area contributed by atoms with Gasteiger partial charge in [-0.05, 0) is 150 Å². The first kappa shape index (κ1) is 38.0. The molecule has 324 valence electrons. The van der Waals surface area contributed by atoms with Crippen molar-refractivity contribution < 1.29 is 13.2 Å². The zero-order valence-electron chi connectivity index (χ0n) is 37.3. The van der Waals surface area contributed by atoms with Crippen LogP contribution in [0.2, 0.25) is 0 Å². The van der Waals surface area contributed by atoms with Crippen molar-refractivity contribution in [2.75, 3.05) is 0 Å². The van der Waals surface area contributed by atoms with E-state index < -0.39 is 17.5 Å². The van der Waals surface area contributed by atoms with Crippen LogP contribution in [0.25, 0.3) is 105 Å². The maximum Gasteiger partial charge on any atom is 0.144 e. The molecule has 0 aromatic heterocycles. The van der Waals surface area contributed by atoms with Crippen molar-refractivity contribution in [2.45, 2.75) is 31.1 Å². The Morgan fingerprint density at radius 1 is 0.493 bits per heavy atom. The maximum atomic E-state index is 18.7. The summed E-state index contributed by atoms with van der Waals surface area (Å²) in [5.41, 5.74) is 9.03. The van der Waals surface area contributed by atoms with Crippen LogP contribution in [0.1, 0.15) is 63.6 Å². The third kappa shape index (κ3) is 4.80. The Labute approximate surface area is 395 Å². The quantitative estimate of drug-likeness (QED) is 0.122. The SMILES string of the molecule is Fc1c(C2=C3C=CC=C4c5cccc6cccc(c56)C(C=C2)C43)c(F)c(-c2ccc3c4cccc5cccc(c6cccc2c63)c54)c(F)c1C1=c2cccc3c4c5c(c(c23)CC1)C=CCC5C=CC=4. The third-order valence-electron chi connectivity index (χ3n) is 16.8. The fraction of sp³-hybridized carbons (Fsp3) is 0.0909. The maximum absolute atomic E-state index is 18.7. The smallest absolute Gasteiger partial charge is 0.144 e. The molecular formula is C66H39F3. The average Bonchev–Trinajstić information content (AvgIpc) is 3.39.